The molecule has 0 saturated carbocycles. The minimum Gasteiger partial charge on any atom is -0.492 e. The van der Waals surface area contributed by atoms with Crippen molar-refractivity contribution in [3.63, 3.8) is 0 Å². The summed E-state index contributed by atoms with van der Waals surface area (Å²) in [6.07, 6.45) is 0. The van der Waals surface area contributed by atoms with Gasteiger partial charge in [0.2, 0.25) is 5.91 Å². The van der Waals surface area contributed by atoms with Crippen LogP contribution < -0.4 is 14.8 Å². The van der Waals surface area contributed by atoms with Gasteiger partial charge in [-0.1, -0.05) is 30.3 Å². The van der Waals surface area contributed by atoms with E-state index in [-0.39, 0.29) is 31.7 Å². The Morgan fingerprint density at radius 3 is 2.46 bits per heavy atom. The molecule has 37 heavy (non-hydrogen) atoms. The fraction of sp³-hybridized carbons (Fsp3) is 0.481. The molecule has 0 aliphatic carbocycles. The Labute approximate surface area is 217 Å². The lowest BCUT2D eigenvalue weighted by atomic mass is 10.0. The monoisotopic (exact) mass is 512 g/mol. The normalized spacial score (nSPS) is 20.4. The van der Waals surface area contributed by atoms with Crippen molar-refractivity contribution in [2.24, 2.45) is 0 Å². The number of amides is 3. The average molecular weight is 513 g/mol. The van der Waals surface area contributed by atoms with Gasteiger partial charge in [0, 0.05) is 46.4 Å². The van der Waals surface area contributed by atoms with Crippen molar-refractivity contribution < 1.29 is 28.9 Å². The molecule has 10 nitrogen and oxygen atoms in total. The fourth-order valence-corrected chi connectivity index (χ4v) is 4.58. The summed E-state index contributed by atoms with van der Waals surface area (Å²) < 4.78 is 16.7. The van der Waals surface area contributed by atoms with Gasteiger partial charge in [0.15, 0.2) is 0 Å². The summed E-state index contributed by atoms with van der Waals surface area (Å²) in [7, 11) is 1.49. The number of nitrogens with one attached hydrogen (secondary N) is 1. The van der Waals surface area contributed by atoms with E-state index in [0.717, 1.165) is 11.3 Å². The number of carbonyl (C=O) groups is 2. The van der Waals surface area contributed by atoms with Crippen LogP contribution in [0.15, 0.2) is 54.6 Å². The van der Waals surface area contributed by atoms with Crippen LogP contribution in [0.5, 0.6) is 11.5 Å². The Morgan fingerprint density at radius 1 is 1.00 bits per heavy atom. The number of urea groups is 1. The highest BCUT2D eigenvalue weighted by Crippen LogP contribution is 2.21. The average Bonchev–Trinajstić information content (AvgIpc) is 3.23. The molecule has 2 N–H and O–H groups in total. The van der Waals surface area contributed by atoms with Gasteiger partial charge in [-0.3, -0.25) is 9.69 Å². The summed E-state index contributed by atoms with van der Waals surface area (Å²) in [5.41, 5.74) is -0.185. The van der Waals surface area contributed by atoms with E-state index in [2.05, 4.69) is 10.2 Å². The van der Waals surface area contributed by atoms with Crippen LogP contribution in [-0.4, -0.2) is 110 Å². The lowest BCUT2D eigenvalue weighted by Crippen LogP contribution is -2.52. The number of rotatable bonds is 11. The van der Waals surface area contributed by atoms with E-state index in [1.165, 1.54) is 7.11 Å². The summed E-state index contributed by atoms with van der Waals surface area (Å²) in [6.45, 7) is 4.61. The fourth-order valence-electron chi connectivity index (χ4n) is 4.58. The largest absolute Gasteiger partial charge is 0.492 e. The quantitative estimate of drug-likeness (QED) is 0.466. The minimum absolute atomic E-state index is 0.0283. The predicted octanol–water partition coefficient (Wildman–Crippen LogP) is 1.19. The van der Waals surface area contributed by atoms with Crippen molar-refractivity contribution >= 4 is 11.9 Å². The minimum atomic E-state index is -1.25. The van der Waals surface area contributed by atoms with Crippen LogP contribution in [0.4, 0.5) is 4.79 Å². The maximum absolute atomic E-state index is 12.6. The van der Waals surface area contributed by atoms with E-state index in [0.29, 0.717) is 58.2 Å². The summed E-state index contributed by atoms with van der Waals surface area (Å²) >= 11 is 0. The number of para-hydroxylation sites is 1. The van der Waals surface area contributed by atoms with E-state index in [1.807, 2.05) is 54.6 Å². The number of nitrogens with zero attached hydrogens (tertiary/aromatic N) is 3. The second-order valence-corrected chi connectivity index (χ2v) is 9.50. The lowest BCUT2D eigenvalue weighted by molar-refractivity contribution is -0.138. The number of methoxy groups -OCH3 is 1. The molecular weight excluding hydrogens is 476 g/mol. The second-order valence-electron chi connectivity index (χ2n) is 9.50. The summed E-state index contributed by atoms with van der Waals surface area (Å²) in [5, 5.41) is 14.3. The first-order valence-electron chi connectivity index (χ1n) is 12.6. The van der Waals surface area contributed by atoms with Crippen LogP contribution in [0, 0.1) is 0 Å². The van der Waals surface area contributed by atoms with Gasteiger partial charge in [0.25, 0.3) is 0 Å². The molecule has 0 spiro atoms. The molecule has 4 rings (SSSR count). The Kier molecular flexibility index (Phi) is 9.21. The number of hydrogen-bond acceptors (Lipinski definition) is 7. The van der Waals surface area contributed by atoms with Crippen LogP contribution >= 0.6 is 0 Å². The molecule has 2 heterocycles. The van der Waals surface area contributed by atoms with Gasteiger partial charge in [0.05, 0.1) is 13.1 Å². The summed E-state index contributed by atoms with van der Waals surface area (Å²) in [4.78, 5) is 29.7. The van der Waals surface area contributed by atoms with Gasteiger partial charge in [-0.25, -0.2) is 4.79 Å². The van der Waals surface area contributed by atoms with Crippen LogP contribution in [0.1, 0.15) is 5.56 Å². The van der Waals surface area contributed by atoms with Crippen molar-refractivity contribution in [3.05, 3.63) is 60.2 Å². The zero-order valence-corrected chi connectivity index (χ0v) is 21.3. The van der Waals surface area contributed by atoms with Crippen LogP contribution in [-0.2, 0) is 16.1 Å². The zero-order valence-electron chi connectivity index (χ0n) is 21.3. The van der Waals surface area contributed by atoms with Gasteiger partial charge < -0.3 is 34.4 Å². The van der Waals surface area contributed by atoms with Gasteiger partial charge >= 0.3 is 6.03 Å². The first-order valence-corrected chi connectivity index (χ1v) is 12.6. The standard InChI is InChI=1S/C27H36N4O6/c1-35-18-25(32)31-14-13-29(19-27(34,20-31)21-37-23-5-3-2-4-6-23)17-22-7-9-24(10-8-22)36-16-15-30-12-11-28-26(30)33/h2-10,34H,11-21H2,1H3,(H,28,33)/t27-/m0/s1. The lowest BCUT2D eigenvalue weighted by Gasteiger charge is -2.33. The number of β-amino-alcohol motifs (C(OH)–C–C–N with tert-alkyl or cyclic N) is 1. The summed E-state index contributed by atoms with van der Waals surface area (Å²) in [6, 6.07) is 17.1. The van der Waals surface area contributed by atoms with E-state index in [1.54, 1.807) is 9.80 Å². The number of ether oxygens (including phenoxy) is 3. The van der Waals surface area contributed by atoms with E-state index in [9.17, 15) is 14.7 Å². The Balaban J connectivity index is 1.35. The predicted molar refractivity (Wildman–Crippen MR) is 138 cm³/mol. The Hall–Kier alpha value is -3.34. The molecule has 2 aromatic carbocycles. The van der Waals surface area contributed by atoms with Crippen LogP contribution in [0.2, 0.25) is 0 Å². The third-order valence-electron chi connectivity index (χ3n) is 6.47. The highest BCUT2D eigenvalue weighted by atomic mass is 16.5. The molecule has 0 bridgehead atoms. The summed E-state index contributed by atoms with van der Waals surface area (Å²) in [5.74, 6) is 1.25. The molecule has 2 aromatic rings. The van der Waals surface area contributed by atoms with Gasteiger partial charge in [-0.2, -0.15) is 0 Å². The maximum atomic E-state index is 12.6. The Morgan fingerprint density at radius 2 is 1.76 bits per heavy atom. The number of carbonyl (C=O) groups excluding carboxylic acids is 2. The SMILES string of the molecule is COCC(=O)N1CCN(Cc2ccc(OCCN3CCNC3=O)cc2)C[C@@](O)(COc2ccccc2)C1. The number of hydrogen-bond donors (Lipinski definition) is 2. The molecule has 200 valence electrons. The van der Waals surface area contributed by atoms with Crippen molar-refractivity contribution in [2.75, 3.05) is 72.7 Å². The molecule has 0 aromatic heterocycles. The third kappa shape index (κ3) is 7.82. The highest BCUT2D eigenvalue weighted by molar-refractivity contribution is 5.77. The van der Waals surface area contributed by atoms with Crippen molar-refractivity contribution in [1.29, 1.82) is 0 Å². The molecule has 0 radical (unpaired) electrons. The van der Waals surface area contributed by atoms with E-state index >= 15 is 0 Å². The number of benzene rings is 2. The van der Waals surface area contributed by atoms with E-state index in [4.69, 9.17) is 14.2 Å². The van der Waals surface area contributed by atoms with E-state index < -0.39 is 5.60 Å². The first kappa shape index (κ1) is 26.7. The van der Waals surface area contributed by atoms with Crippen molar-refractivity contribution in [2.45, 2.75) is 12.1 Å². The molecule has 0 unspecified atom stereocenters. The zero-order chi connectivity index (χ0) is 26.1. The molecular formula is C27H36N4O6. The molecule has 10 heteroatoms. The van der Waals surface area contributed by atoms with Gasteiger partial charge in [0.1, 0.15) is 36.9 Å². The maximum Gasteiger partial charge on any atom is 0.317 e. The van der Waals surface area contributed by atoms with Gasteiger partial charge in [-0.05, 0) is 29.8 Å². The Bertz CT molecular complexity index is 1020. The molecule has 2 fully saturated rings. The highest BCUT2D eigenvalue weighted by Gasteiger charge is 2.37. The van der Waals surface area contributed by atoms with Gasteiger partial charge in [-0.15, -0.1) is 0 Å². The molecule has 2 aliphatic heterocycles. The van der Waals surface area contributed by atoms with Crippen molar-refractivity contribution in [3.8, 4) is 11.5 Å². The van der Waals surface area contributed by atoms with Crippen LogP contribution in [0.3, 0.4) is 0 Å². The van der Waals surface area contributed by atoms with Crippen molar-refractivity contribution in [1.82, 2.24) is 20.0 Å². The molecule has 2 saturated heterocycles. The van der Waals surface area contributed by atoms with Crippen LogP contribution in [0.25, 0.3) is 0 Å². The number of aliphatic hydroxyl groups is 1. The smallest absolute Gasteiger partial charge is 0.317 e. The first-order chi connectivity index (χ1) is 17.9. The molecule has 2 aliphatic rings. The molecule has 1 atom stereocenters. The topological polar surface area (TPSA) is 104 Å². The second kappa shape index (κ2) is 12.8. The molecule has 3 amide bonds. The third-order valence-corrected chi connectivity index (χ3v) is 6.47.